The maximum atomic E-state index is 13.0. The molecule has 2 aromatic carbocycles. The molecule has 0 aliphatic carbocycles. The van der Waals surface area contributed by atoms with Crippen molar-refractivity contribution in [3.63, 3.8) is 0 Å². The SMILES string of the molecule is CCN(Cc1ccccc1)C(=O)c1cc(NCc2ccc(Cl)cc2)nc(C)n1. The van der Waals surface area contributed by atoms with Gasteiger partial charge in [-0.15, -0.1) is 0 Å². The summed E-state index contributed by atoms with van der Waals surface area (Å²) in [4.78, 5) is 23.5. The summed E-state index contributed by atoms with van der Waals surface area (Å²) in [6.45, 7) is 5.49. The molecule has 0 atom stereocenters. The van der Waals surface area contributed by atoms with Crippen molar-refractivity contribution in [2.75, 3.05) is 11.9 Å². The number of nitrogens with one attached hydrogen (secondary N) is 1. The Morgan fingerprint density at radius 1 is 1.04 bits per heavy atom. The summed E-state index contributed by atoms with van der Waals surface area (Å²) in [6, 6.07) is 19.3. The van der Waals surface area contributed by atoms with Crippen molar-refractivity contribution in [2.45, 2.75) is 26.9 Å². The van der Waals surface area contributed by atoms with Crippen LogP contribution >= 0.6 is 11.6 Å². The lowest BCUT2D eigenvalue weighted by molar-refractivity contribution is 0.0746. The molecule has 1 N–H and O–H groups in total. The maximum absolute atomic E-state index is 13.0. The van der Waals surface area contributed by atoms with Gasteiger partial charge in [-0.1, -0.05) is 54.1 Å². The van der Waals surface area contributed by atoms with E-state index in [1.54, 1.807) is 17.9 Å². The average Bonchev–Trinajstić information content (AvgIpc) is 2.71. The van der Waals surface area contributed by atoms with Crippen molar-refractivity contribution >= 4 is 23.3 Å². The minimum absolute atomic E-state index is 0.105. The second-order valence-electron chi connectivity index (χ2n) is 6.47. The Morgan fingerprint density at radius 2 is 1.75 bits per heavy atom. The number of hydrogen-bond donors (Lipinski definition) is 1. The van der Waals surface area contributed by atoms with E-state index < -0.39 is 0 Å². The van der Waals surface area contributed by atoms with Crippen LogP contribution in [0.4, 0.5) is 5.82 Å². The summed E-state index contributed by atoms with van der Waals surface area (Å²) in [5, 5.41) is 3.96. The molecular formula is C22H23ClN4O. The number of carbonyl (C=O) groups is 1. The number of benzene rings is 2. The van der Waals surface area contributed by atoms with Crippen molar-refractivity contribution in [1.82, 2.24) is 14.9 Å². The third-order valence-corrected chi connectivity index (χ3v) is 4.58. The van der Waals surface area contributed by atoms with Gasteiger partial charge in [0.15, 0.2) is 0 Å². The lowest BCUT2D eigenvalue weighted by Crippen LogP contribution is -2.31. The summed E-state index contributed by atoms with van der Waals surface area (Å²) in [6.07, 6.45) is 0. The van der Waals surface area contributed by atoms with E-state index in [-0.39, 0.29) is 5.91 Å². The predicted molar refractivity (Wildman–Crippen MR) is 112 cm³/mol. The molecule has 5 nitrogen and oxygen atoms in total. The topological polar surface area (TPSA) is 58.1 Å². The fraction of sp³-hybridized carbons (Fsp3) is 0.227. The third-order valence-electron chi connectivity index (χ3n) is 4.33. The summed E-state index contributed by atoms with van der Waals surface area (Å²) in [7, 11) is 0. The zero-order valence-electron chi connectivity index (χ0n) is 16.0. The van der Waals surface area contributed by atoms with Crippen LogP contribution in [0.1, 0.15) is 34.4 Å². The van der Waals surface area contributed by atoms with Crippen LogP contribution < -0.4 is 5.32 Å². The number of halogens is 1. The number of hydrogen-bond acceptors (Lipinski definition) is 4. The predicted octanol–water partition coefficient (Wildman–Crippen LogP) is 4.71. The van der Waals surface area contributed by atoms with Crippen LogP contribution in [0.3, 0.4) is 0 Å². The summed E-state index contributed by atoms with van der Waals surface area (Å²) < 4.78 is 0. The van der Waals surface area contributed by atoms with Gasteiger partial charge in [-0.25, -0.2) is 9.97 Å². The Balaban J connectivity index is 1.73. The number of anilines is 1. The number of aromatic nitrogens is 2. The van der Waals surface area contributed by atoms with Gasteiger partial charge < -0.3 is 10.2 Å². The van der Waals surface area contributed by atoms with Crippen molar-refractivity contribution in [3.05, 3.63) is 88.3 Å². The molecule has 144 valence electrons. The van der Waals surface area contributed by atoms with Gasteiger partial charge in [0, 0.05) is 30.7 Å². The zero-order chi connectivity index (χ0) is 19.9. The largest absolute Gasteiger partial charge is 0.366 e. The van der Waals surface area contributed by atoms with Crippen LogP contribution in [0.2, 0.25) is 5.02 Å². The molecule has 3 rings (SSSR count). The standard InChI is InChI=1S/C22H23ClN4O/c1-3-27(15-18-7-5-4-6-8-18)22(28)20-13-21(26-16(2)25-20)24-14-17-9-11-19(23)12-10-17/h4-13H,3,14-15H2,1-2H3,(H,24,25,26). The number of rotatable bonds is 7. The van der Waals surface area contributed by atoms with Crippen molar-refractivity contribution in [1.29, 1.82) is 0 Å². The Bertz CT molecular complexity index is 929. The molecule has 1 aromatic heterocycles. The van der Waals surface area contributed by atoms with Gasteiger partial charge in [0.2, 0.25) is 0 Å². The van der Waals surface area contributed by atoms with Gasteiger partial charge in [0.05, 0.1) is 0 Å². The van der Waals surface area contributed by atoms with E-state index in [9.17, 15) is 4.79 Å². The number of aryl methyl sites for hydroxylation is 1. The number of nitrogens with zero attached hydrogens (tertiary/aromatic N) is 3. The molecule has 0 bridgehead atoms. The highest BCUT2D eigenvalue weighted by Crippen LogP contribution is 2.14. The first-order valence-corrected chi connectivity index (χ1v) is 9.60. The summed E-state index contributed by atoms with van der Waals surface area (Å²) in [5.41, 5.74) is 2.56. The average molecular weight is 395 g/mol. The van der Waals surface area contributed by atoms with Crippen LogP contribution in [0.15, 0.2) is 60.7 Å². The van der Waals surface area contributed by atoms with Gasteiger partial charge >= 0.3 is 0 Å². The van der Waals surface area contributed by atoms with E-state index in [0.717, 1.165) is 11.1 Å². The van der Waals surface area contributed by atoms with Gasteiger partial charge in [-0.3, -0.25) is 4.79 Å². The molecule has 1 amide bonds. The zero-order valence-corrected chi connectivity index (χ0v) is 16.8. The second-order valence-corrected chi connectivity index (χ2v) is 6.91. The van der Waals surface area contributed by atoms with Gasteiger partial charge in [0.1, 0.15) is 17.3 Å². The minimum Gasteiger partial charge on any atom is -0.366 e. The van der Waals surface area contributed by atoms with E-state index in [0.29, 0.717) is 42.0 Å². The molecule has 1 heterocycles. The molecule has 0 saturated heterocycles. The quantitative estimate of drug-likeness (QED) is 0.630. The first kappa shape index (κ1) is 19.8. The molecule has 0 aliphatic heterocycles. The molecule has 0 unspecified atom stereocenters. The first-order valence-electron chi connectivity index (χ1n) is 9.22. The normalized spacial score (nSPS) is 10.5. The lowest BCUT2D eigenvalue weighted by Gasteiger charge is -2.21. The Labute approximate surface area is 170 Å². The van der Waals surface area contributed by atoms with Crippen LogP contribution in [0.25, 0.3) is 0 Å². The fourth-order valence-corrected chi connectivity index (χ4v) is 2.98. The minimum atomic E-state index is -0.105. The third kappa shape index (κ3) is 5.30. The Morgan fingerprint density at radius 3 is 2.43 bits per heavy atom. The molecule has 0 saturated carbocycles. The molecule has 0 spiro atoms. The van der Waals surface area contributed by atoms with Crippen molar-refractivity contribution < 1.29 is 4.79 Å². The van der Waals surface area contributed by atoms with E-state index in [1.165, 1.54) is 0 Å². The molecule has 0 fully saturated rings. The molecule has 3 aromatic rings. The van der Waals surface area contributed by atoms with Gasteiger partial charge in [0.25, 0.3) is 5.91 Å². The molecule has 0 radical (unpaired) electrons. The summed E-state index contributed by atoms with van der Waals surface area (Å²) in [5.74, 6) is 1.08. The molecule has 28 heavy (non-hydrogen) atoms. The number of carbonyl (C=O) groups excluding carboxylic acids is 1. The van der Waals surface area contributed by atoms with Crippen LogP contribution in [0.5, 0.6) is 0 Å². The lowest BCUT2D eigenvalue weighted by atomic mass is 10.2. The van der Waals surface area contributed by atoms with E-state index in [2.05, 4.69) is 15.3 Å². The van der Waals surface area contributed by atoms with Crippen LogP contribution in [-0.2, 0) is 13.1 Å². The van der Waals surface area contributed by atoms with E-state index in [4.69, 9.17) is 11.6 Å². The van der Waals surface area contributed by atoms with Crippen molar-refractivity contribution in [2.24, 2.45) is 0 Å². The first-order chi connectivity index (χ1) is 13.5. The number of amides is 1. The highest BCUT2D eigenvalue weighted by Gasteiger charge is 2.17. The molecular weight excluding hydrogens is 372 g/mol. The highest BCUT2D eigenvalue weighted by atomic mass is 35.5. The smallest absolute Gasteiger partial charge is 0.272 e. The second kappa shape index (κ2) is 9.33. The van der Waals surface area contributed by atoms with Crippen molar-refractivity contribution in [3.8, 4) is 0 Å². The molecule has 6 heteroatoms. The Hall–Kier alpha value is -2.92. The maximum Gasteiger partial charge on any atom is 0.272 e. The monoisotopic (exact) mass is 394 g/mol. The Kier molecular flexibility index (Phi) is 6.61. The summed E-state index contributed by atoms with van der Waals surface area (Å²) >= 11 is 5.92. The fourth-order valence-electron chi connectivity index (χ4n) is 2.86. The highest BCUT2D eigenvalue weighted by molar-refractivity contribution is 6.30. The van der Waals surface area contributed by atoms with Gasteiger partial charge in [-0.05, 0) is 37.1 Å². The van der Waals surface area contributed by atoms with Gasteiger partial charge in [-0.2, -0.15) is 0 Å². The van der Waals surface area contributed by atoms with Crippen LogP contribution in [0, 0.1) is 6.92 Å². The molecule has 0 aliphatic rings. The van der Waals surface area contributed by atoms with E-state index >= 15 is 0 Å². The van der Waals surface area contributed by atoms with Crippen LogP contribution in [-0.4, -0.2) is 27.3 Å². The van der Waals surface area contributed by atoms with E-state index in [1.807, 2.05) is 61.5 Å².